The van der Waals surface area contributed by atoms with Gasteiger partial charge in [0.15, 0.2) is 6.20 Å². The fourth-order valence-electron chi connectivity index (χ4n) is 4.05. The molecule has 4 rings (SSSR count). The van der Waals surface area contributed by atoms with Gasteiger partial charge in [0, 0.05) is 11.6 Å². The van der Waals surface area contributed by atoms with E-state index in [1.54, 1.807) is 0 Å². The van der Waals surface area contributed by atoms with Crippen LogP contribution in [0, 0.1) is 27.7 Å². The first kappa shape index (κ1) is 15.1. The topological polar surface area (TPSA) is 3.88 Å². The highest BCUT2D eigenvalue weighted by molar-refractivity contribution is 5.85. The molecule has 2 aromatic carbocycles. The van der Waals surface area contributed by atoms with Crippen molar-refractivity contribution in [2.75, 3.05) is 0 Å². The Morgan fingerprint density at radius 1 is 0.750 bits per heavy atom. The lowest BCUT2D eigenvalue weighted by atomic mass is 9.93. The van der Waals surface area contributed by atoms with Crippen LogP contribution in [0.5, 0.6) is 0 Å². The molecule has 0 radical (unpaired) electrons. The van der Waals surface area contributed by atoms with Crippen molar-refractivity contribution in [1.29, 1.82) is 0 Å². The molecule has 1 heterocycles. The Morgan fingerprint density at radius 2 is 1.50 bits per heavy atom. The van der Waals surface area contributed by atoms with E-state index in [0.717, 1.165) is 6.42 Å². The molecule has 0 N–H and O–H groups in total. The zero-order valence-electron chi connectivity index (χ0n) is 15.2. The van der Waals surface area contributed by atoms with Gasteiger partial charge in [0.2, 0.25) is 5.69 Å². The van der Waals surface area contributed by atoms with Crippen LogP contribution in [0.4, 0.5) is 0 Å². The molecule has 1 aliphatic rings. The third-order valence-electron chi connectivity index (χ3n) is 5.57. The van der Waals surface area contributed by atoms with Gasteiger partial charge >= 0.3 is 0 Å². The maximum Gasteiger partial charge on any atom is 0.213 e. The van der Waals surface area contributed by atoms with Crippen LogP contribution in [0.2, 0.25) is 0 Å². The van der Waals surface area contributed by atoms with E-state index in [9.17, 15) is 0 Å². The number of pyridine rings is 1. The number of aromatic nitrogens is 1. The molecule has 0 saturated heterocycles. The van der Waals surface area contributed by atoms with Crippen LogP contribution in [0.1, 0.15) is 33.4 Å². The summed E-state index contributed by atoms with van der Waals surface area (Å²) in [5.74, 6) is 0. The zero-order chi connectivity index (χ0) is 17.0. The average Bonchev–Trinajstić information content (AvgIpc) is 2.91. The number of fused-ring (bicyclic) bond motifs is 3. The van der Waals surface area contributed by atoms with Gasteiger partial charge in [0.25, 0.3) is 0 Å². The number of aryl methyl sites for hydroxylation is 5. The predicted molar refractivity (Wildman–Crippen MR) is 100 cm³/mol. The smallest absolute Gasteiger partial charge is 0.201 e. The molecule has 120 valence electrons. The molecule has 0 unspecified atom stereocenters. The molecular weight excluding hydrogens is 290 g/mol. The highest BCUT2D eigenvalue weighted by Gasteiger charge is 2.27. The third-order valence-corrected chi connectivity index (χ3v) is 5.57. The SMILES string of the molecule is Cc1cc(-c2c(C)ccc3c2Cc2c(C)cccc2-3)[n+](C)cc1C. The molecule has 1 heteroatoms. The maximum absolute atomic E-state index is 2.34. The van der Waals surface area contributed by atoms with E-state index in [4.69, 9.17) is 0 Å². The van der Waals surface area contributed by atoms with Gasteiger partial charge < -0.3 is 0 Å². The van der Waals surface area contributed by atoms with Gasteiger partial charge in [-0.05, 0) is 73.1 Å². The first-order chi connectivity index (χ1) is 11.5. The average molecular weight is 314 g/mol. The summed E-state index contributed by atoms with van der Waals surface area (Å²) in [6.07, 6.45) is 3.29. The van der Waals surface area contributed by atoms with E-state index in [1.807, 2.05) is 0 Å². The molecule has 24 heavy (non-hydrogen) atoms. The summed E-state index contributed by atoms with van der Waals surface area (Å²) in [6.45, 7) is 8.85. The Kier molecular flexibility index (Phi) is 3.35. The minimum Gasteiger partial charge on any atom is -0.201 e. The molecule has 1 nitrogen and oxygen atoms in total. The Balaban J connectivity index is 2.01. The molecule has 3 aromatic rings. The van der Waals surface area contributed by atoms with Gasteiger partial charge in [-0.2, -0.15) is 0 Å². The molecule has 1 aliphatic carbocycles. The van der Waals surface area contributed by atoms with Crippen molar-refractivity contribution < 1.29 is 4.57 Å². The number of hydrogen-bond acceptors (Lipinski definition) is 0. The van der Waals surface area contributed by atoms with Crippen molar-refractivity contribution in [3.8, 4) is 22.4 Å². The molecule has 0 atom stereocenters. The Morgan fingerprint density at radius 3 is 2.29 bits per heavy atom. The quantitative estimate of drug-likeness (QED) is 0.436. The van der Waals surface area contributed by atoms with E-state index in [0.29, 0.717) is 0 Å². The van der Waals surface area contributed by atoms with Crippen molar-refractivity contribution in [3.63, 3.8) is 0 Å². The second kappa shape index (κ2) is 5.31. The molecular formula is C23H24N+. The lowest BCUT2D eigenvalue weighted by Crippen LogP contribution is -2.32. The normalized spacial score (nSPS) is 12.2. The van der Waals surface area contributed by atoms with Gasteiger partial charge in [0.1, 0.15) is 7.05 Å². The highest BCUT2D eigenvalue weighted by atomic mass is 14.9. The molecule has 0 amide bonds. The standard InChI is InChI=1S/C23H24N/c1-14-7-6-8-18-19-10-9-15(2)23(21(19)12-20(14)18)22-11-16(3)17(4)13-24(22)5/h6-11,13H,12H2,1-5H3/q+1. The van der Waals surface area contributed by atoms with Crippen LogP contribution < -0.4 is 4.57 Å². The van der Waals surface area contributed by atoms with Crippen molar-refractivity contribution in [2.24, 2.45) is 7.05 Å². The summed E-state index contributed by atoms with van der Waals surface area (Å²) in [5, 5.41) is 0. The Hall–Kier alpha value is -2.41. The van der Waals surface area contributed by atoms with Crippen LogP contribution in [0.25, 0.3) is 22.4 Å². The minimum absolute atomic E-state index is 1.04. The van der Waals surface area contributed by atoms with Gasteiger partial charge in [0.05, 0.1) is 5.56 Å². The fraction of sp³-hybridized carbons (Fsp3) is 0.261. The van der Waals surface area contributed by atoms with Crippen LogP contribution in [0.15, 0.2) is 42.6 Å². The summed E-state index contributed by atoms with van der Waals surface area (Å²) in [7, 11) is 2.16. The zero-order valence-corrected chi connectivity index (χ0v) is 15.2. The molecule has 1 aromatic heterocycles. The first-order valence-electron chi connectivity index (χ1n) is 8.66. The summed E-state index contributed by atoms with van der Waals surface area (Å²) in [4.78, 5) is 0. The van der Waals surface area contributed by atoms with E-state index in [1.165, 1.54) is 55.8 Å². The van der Waals surface area contributed by atoms with Crippen LogP contribution in [-0.4, -0.2) is 0 Å². The van der Waals surface area contributed by atoms with Crippen LogP contribution >= 0.6 is 0 Å². The summed E-state index contributed by atoms with van der Waals surface area (Å²) >= 11 is 0. The Bertz CT molecular complexity index is 980. The molecule has 0 aliphatic heterocycles. The molecule has 0 spiro atoms. The first-order valence-corrected chi connectivity index (χ1v) is 8.66. The highest BCUT2D eigenvalue weighted by Crippen LogP contribution is 2.43. The van der Waals surface area contributed by atoms with Crippen molar-refractivity contribution >= 4 is 0 Å². The monoisotopic (exact) mass is 314 g/mol. The Labute approximate surface area is 144 Å². The predicted octanol–water partition coefficient (Wildman–Crippen LogP) is 4.98. The number of benzene rings is 2. The molecule has 0 saturated carbocycles. The number of nitrogens with zero attached hydrogens (tertiary/aromatic N) is 1. The van der Waals surface area contributed by atoms with E-state index < -0.39 is 0 Å². The van der Waals surface area contributed by atoms with Gasteiger partial charge in [-0.3, -0.25) is 0 Å². The van der Waals surface area contributed by atoms with E-state index >= 15 is 0 Å². The van der Waals surface area contributed by atoms with Gasteiger partial charge in [-0.15, -0.1) is 0 Å². The fourth-order valence-corrected chi connectivity index (χ4v) is 4.05. The maximum atomic E-state index is 2.34. The lowest BCUT2D eigenvalue weighted by Gasteiger charge is -2.12. The van der Waals surface area contributed by atoms with Crippen molar-refractivity contribution in [1.82, 2.24) is 0 Å². The largest absolute Gasteiger partial charge is 0.213 e. The second-order valence-electron chi connectivity index (χ2n) is 7.20. The number of hydrogen-bond donors (Lipinski definition) is 0. The summed E-state index contributed by atoms with van der Waals surface area (Å²) in [5.41, 5.74) is 14.0. The molecule has 0 bridgehead atoms. The van der Waals surface area contributed by atoms with E-state index in [-0.39, 0.29) is 0 Å². The summed E-state index contributed by atoms with van der Waals surface area (Å²) < 4.78 is 2.28. The molecule has 0 fully saturated rings. The van der Waals surface area contributed by atoms with Crippen LogP contribution in [0.3, 0.4) is 0 Å². The van der Waals surface area contributed by atoms with Gasteiger partial charge in [-0.25, -0.2) is 4.57 Å². The third kappa shape index (κ3) is 2.11. The van der Waals surface area contributed by atoms with E-state index in [2.05, 4.69) is 81.9 Å². The van der Waals surface area contributed by atoms with Crippen molar-refractivity contribution in [2.45, 2.75) is 34.1 Å². The summed E-state index contributed by atoms with van der Waals surface area (Å²) in [6, 6.07) is 13.6. The van der Waals surface area contributed by atoms with Crippen molar-refractivity contribution in [3.05, 3.63) is 76.0 Å². The minimum atomic E-state index is 1.04. The second-order valence-corrected chi connectivity index (χ2v) is 7.20. The number of rotatable bonds is 1. The van der Waals surface area contributed by atoms with Gasteiger partial charge in [-0.1, -0.05) is 30.3 Å². The van der Waals surface area contributed by atoms with Crippen LogP contribution in [-0.2, 0) is 13.5 Å². The lowest BCUT2D eigenvalue weighted by molar-refractivity contribution is -0.660.